The van der Waals surface area contributed by atoms with E-state index in [0.717, 1.165) is 16.6 Å². The first-order valence-electron chi connectivity index (χ1n) is 6.16. The molecule has 0 radical (unpaired) electrons. The topological polar surface area (TPSA) is 76.7 Å². The highest BCUT2D eigenvalue weighted by atomic mass is 35.5. The molecule has 0 unspecified atom stereocenters. The van der Waals surface area contributed by atoms with E-state index in [-0.39, 0.29) is 0 Å². The Morgan fingerprint density at radius 2 is 2.10 bits per heavy atom. The van der Waals surface area contributed by atoms with Crippen molar-refractivity contribution in [2.45, 2.75) is 5.16 Å². The zero-order valence-corrected chi connectivity index (χ0v) is 12.7. The summed E-state index contributed by atoms with van der Waals surface area (Å²) >= 11 is 7.62. The van der Waals surface area contributed by atoms with E-state index >= 15 is 0 Å². The third-order valence-electron chi connectivity index (χ3n) is 2.89. The van der Waals surface area contributed by atoms with Crippen molar-refractivity contribution in [3.63, 3.8) is 0 Å². The van der Waals surface area contributed by atoms with E-state index in [1.54, 1.807) is 12.3 Å². The fourth-order valence-corrected chi connectivity index (χ4v) is 2.58. The molecule has 0 aliphatic rings. The van der Waals surface area contributed by atoms with Crippen LogP contribution in [-0.2, 0) is 0 Å². The molecule has 21 heavy (non-hydrogen) atoms. The van der Waals surface area contributed by atoms with Crippen LogP contribution < -0.4 is 11.1 Å². The molecule has 5 nitrogen and oxygen atoms in total. The van der Waals surface area contributed by atoms with Crippen molar-refractivity contribution in [2.75, 3.05) is 17.3 Å². The summed E-state index contributed by atoms with van der Waals surface area (Å²) < 4.78 is 0. The molecule has 0 saturated heterocycles. The highest BCUT2D eigenvalue weighted by molar-refractivity contribution is 7.98. The van der Waals surface area contributed by atoms with Crippen molar-refractivity contribution < 1.29 is 0 Å². The maximum Gasteiger partial charge on any atom is 0.191 e. The zero-order chi connectivity index (χ0) is 14.8. The summed E-state index contributed by atoms with van der Waals surface area (Å²) in [4.78, 5) is 12.9. The summed E-state index contributed by atoms with van der Waals surface area (Å²) in [7, 11) is 0. The maximum atomic E-state index is 6.19. The predicted octanol–water partition coefficient (Wildman–Crippen LogP) is 3.73. The number of hydrogen-bond acceptors (Lipinski definition) is 6. The zero-order valence-electron chi connectivity index (χ0n) is 11.2. The Bertz CT molecular complexity index is 808. The van der Waals surface area contributed by atoms with Gasteiger partial charge in [0.05, 0.1) is 16.2 Å². The van der Waals surface area contributed by atoms with Gasteiger partial charge in [0.2, 0.25) is 0 Å². The van der Waals surface area contributed by atoms with Crippen LogP contribution in [0, 0.1) is 0 Å². The number of fused-ring (bicyclic) bond motifs is 1. The van der Waals surface area contributed by atoms with E-state index in [1.807, 2.05) is 30.5 Å². The molecule has 0 bridgehead atoms. The number of pyridine rings is 1. The number of nitrogens with one attached hydrogen (secondary N) is 1. The fraction of sp³-hybridized carbons (Fsp3) is 0.0714. The summed E-state index contributed by atoms with van der Waals surface area (Å²) in [6, 6.07) is 9.16. The van der Waals surface area contributed by atoms with Gasteiger partial charge in [0.1, 0.15) is 11.6 Å². The molecule has 3 N–H and O–H groups in total. The van der Waals surface area contributed by atoms with E-state index in [2.05, 4.69) is 20.3 Å². The highest BCUT2D eigenvalue weighted by Gasteiger charge is 2.08. The first-order chi connectivity index (χ1) is 10.2. The van der Waals surface area contributed by atoms with Crippen molar-refractivity contribution in [1.82, 2.24) is 15.0 Å². The standard InChI is InChI=1S/C14H12ClN5S/c1-21-14-19-11(16)7-12(20-14)18-10-5-4-9(15)8-3-2-6-17-13(8)10/h2-7H,1H3,(H3,16,18,19,20). The normalized spacial score (nSPS) is 10.8. The Morgan fingerprint density at radius 1 is 1.24 bits per heavy atom. The van der Waals surface area contributed by atoms with Gasteiger partial charge in [-0.15, -0.1) is 0 Å². The van der Waals surface area contributed by atoms with Gasteiger partial charge >= 0.3 is 0 Å². The van der Waals surface area contributed by atoms with Crippen LogP contribution in [0.2, 0.25) is 5.02 Å². The Kier molecular flexibility index (Phi) is 3.81. The third-order valence-corrected chi connectivity index (χ3v) is 3.76. The van der Waals surface area contributed by atoms with Crippen molar-refractivity contribution >= 4 is 51.6 Å². The van der Waals surface area contributed by atoms with E-state index in [9.17, 15) is 0 Å². The number of anilines is 3. The molecule has 0 aliphatic carbocycles. The fourth-order valence-electron chi connectivity index (χ4n) is 1.98. The van der Waals surface area contributed by atoms with Crippen LogP contribution >= 0.6 is 23.4 Å². The van der Waals surface area contributed by atoms with Crippen molar-refractivity contribution in [3.05, 3.63) is 41.6 Å². The number of rotatable bonds is 3. The van der Waals surface area contributed by atoms with E-state index in [0.29, 0.717) is 21.8 Å². The molecule has 2 heterocycles. The molecule has 7 heteroatoms. The van der Waals surface area contributed by atoms with Crippen molar-refractivity contribution in [2.24, 2.45) is 0 Å². The number of benzene rings is 1. The summed E-state index contributed by atoms with van der Waals surface area (Å²) in [5, 5.41) is 5.39. The minimum Gasteiger partial charge on any atom is -0.383 e. The number of thioether (sulfide) groups is 1. The van der Waals surface area contributed by atoms with Gasteiger partial charge in [-0.1, -0.05) is 23.4 Å². The van der Waals surface area contributed by atoms with Gasteiger partial charge in [0, 0.05) is 17.6 Å². The molecule has 0 aliphatic heterocycles. The Morgan fingerprint density at radius 3 is 2.90 bits per heavy atom. The SMILES string of the molecule is CSc1nc(N)cc(Nc2ccc(Cl)c3cccnc23)n1. The van der Waals surface area contributed by atoms with Crippen LogP contribution in [-0.4, -0.2) is 21.2 Å². The lowest BCUT2D eigenvalue weighted by molar-refractivity contribution is 0.984. The largest absolute Gasteiger partial charge is 0.383 e. The molecule has 0 spiro atoms. The van der Waals surface area contributed by atoms with Gasteiger partial charge < -0.3 is 11.1 Å². The lowest BCUT2D eigenvalue weighted by Crippen LogP contribution is -2.01. The average molecular weight is 318 g/mol. The van der Waals surface area contributed by atoms with Crippen LogP contribution in [0.25, 0.3) is 10.9 Å². The van der Waals surface area contributed by atoms with Gasteiger partial charge in [0.25, 0.3) is 0 Å². The second-order valence-corrected chi connectivity index (χ2v) is 5.46. The molecule has 0 amide bonds. The van der Waals surface area contributed by atoms with Crippen molar-refractivity contribution in [3.8, 4) is 0 Å². The molecule has 3 aromatic rings. The first kappa shape index (κ1) is 13.9. The van der Waals surface area contributed by atoms with Gasteiger partial charge in [-0.25, -0.2) is 9.97 Å². The highest BCUT2D eigenvalue weighted by Crippen LogP contribution is 2.30. The number of hydrogen-bond donors (Lipinski definition) is 2. The molecular weight excluding hydrogens is 306 g/mol. The van der Waals surface area contributed by atoms with E-state index in [4.69, 9.17) is 17.3 Å². The van der Waals surface area contributed by atoms with Crippen LogP contribution in [0.5, 0.6) is 0 Å². The summed E-state index contributed by atoms with van der Waals surface area (Å²) in [6.07, 6.45) is 3.63. The number of halogens is 1. The quantitative estimate of drug-likeness (QED) is 0.566. The minimum absolute atomic E-state index is 0.420. The maximum absolute atomic E-state index is 6.19. The Balaban J connectivity index is 2.06. The molecule has 2 aromatic heterocycles. The lowest BCUT2D eigenvalue weighted by atomic mass is 10.2. The summed E-state index contributed by atoms with van der Waals surface area (Å²) in [6.45, 7) is 0. The smallest absolute Gasteiger partial charge is 0.191 e. The van der Waals surface area contributed by atoms with E-state index < -0.39 is 0 Å². The van der Waals surface area contributed by atoms with Crippen LogP contribution in [0.3, 0.4) is 0 Å². The molecule has 0 fully saturated rings. The van der Waals surface area contributed by atoms with Gasteiger partial charge in [-0.3, -0.25) is 4.98 Å². The van der Waals surface area contributed by atoms with Gasteiger partial charge in [0.15, 0.2) is 5.16 Å². The second kappa shape index (κ2) is 5.75. The Labute approximate surface area is 131 Å². The van der Waals surface area contributed by atoms with E-state index in [1.165, 1.54) is 11.8 Å². The Hall–Kier alpha value is -2.05. The van der Waals surface area contributed by atoms with Gasteiger partial charge in [-0.05, 0) is 30.5 Å². The number of nitrogens with two attached hydrogens (primary N) is 1. The lowest BCUT2D eigenvalue weighted by Gasteiger charge is -2.10. The number of aromatic nitrogens is 3. The molecule has 106 valence electrons. The first-order valence-corrected chi connectivity index (χ1v) is 7.76. The van der Waals surface area contributed by atoms with Crippen LogP contribution in [0.1, 0.15) is 0 Å². The molecule has 0 saturated carbocycles. The number of nitrogen functional groups attached to an aromatic ring is 1. The monoisotopic (exact) mass is 317 g/mol. The molecule has 3 rings (SSSR count). The third kappa shape index (κ3) is 2.86. The molecule has 0 atom stereocenters. The van der Waals surface area contributed by atoms with Gasteiger partial charge in [-0.2, -0.15) is 0 Å². The summed E-state index contributed by atoms with van der Waals surface area (Å²) in [5.41, 5.74) is 7.39. The predicted molar refractivity (Wildman–Crippen MR) is 88.3 cm³/mol. The molecular formula is C14H12ClN5S. The van der Waals surface area contributed by atoms with Crippen molar-refractivity contribution in [1.29, 1.82) is 0 Å². The van der Waals surface area contributed by atoms with Crippen LogP contribution in [0.4, 0.5) is 17.3 Å². The second-order valence-electron chi connectivity index (χ2n) is 4.28. The summed E-state index contributed by atoms with van der Waals surface area (Å²) in [5.74, 6) is 1.05. The molecule has 1 aromatic carbocycles. The number of nitrogens with zero attached hydrogens (tertiary/aromatic N) is 3. The minimum atomic E-state index is 0.420. The average Bonchev–Trinajstić information content (AvgIpc) is 2.50. The van der Waals surface area contributed by atoms with Crippen LogP contribution in [0.15, 0.2) is 41.7 Å².